The molecule has 0 radical (unpaired) electrons. The Labute approximate surface area is 144 Å². The molecule has 3 aromatic rings. The first-order valence-electron chi connectivity index (χ1n) is 7.02. The van der Waals surface area contributed by atoms with Crippen LogP contribution in [-0.2, 0) is 12.8 Å². The first-order chi connectivity index (χ1) is 11.4. The van der Waals surface area contributed by atoms with Crippen LogP contribution >= 0.6 is 15.9 Å². The molecular formula is C17H12BrF3N2O. The number of H-pyrrole nitrogens is 1. The molecule has 0 bridgehead atoms. The van der Waals surface area contributed by atoms with E-state index in [9.17, 15) is 13.2 Å². The van der Waals surface area contributed by atoms with Crippen LogP contribution in [0.25, 0.3) is 11.4 Å². The normalized spacial score (nSPS) is 11.5. The van der Waals surface area contributed by atoms with E-state index >= 15 is 0 Å². The number of nitrogens with zero attached hydrogens (tertiary/aromatic N) is 1. The van der Waals surface area contributed by atoms with Gasteiger partial charge in [-0.25, -0.2) is 4.98 Å². The Morgan fingerprint density at radius 3 is 2.50 bits per heavy atom. The highest BCUT2D eigenvalue weighted by Crippen LogP contribution is 2.33. The average molecular weight is 397 g/mol. The number of aromatic amines is 1. The van der Waals surface area contributed by atoms with Gasteiger partial charge < -0.3 is 9.72 Å². The van der Waals surface area contributed by atoms with Crippen LogP contribution in [-0.4, -0.2) is 9.97 Å². The summed E-state index contributed by atoms with van der Waals surface area (Å²) in [6.45, 7) is 0.369. The van der Waals surface area contributed by atoms with Gasteiger partial charge in [-0.1, -0.05) is 46.3 Å². The predicted molar refractivity (Wildman–Crippen MR) is 87.5 cm³/mol. The first kappa shape index (κ1) is 16.6. The van der Waals surface area contributed by atoms with E-state index in [0.717, 1.165) is 11.8 Å². The van der Waals surface area contributed by atoms with Gasteiger partial charge in [0.2, 0.25) is 0 Å². The number of benzene rings is 2. The number of hydrogen-bond acceptors (Lipinski definition) is 2. The van der Waals surface area contributed by atoms with E-state index in [0.29, 0.717) is 22.4 Å². The van der Waals surface area contributed by atoms with E-state index in [1.54, 1.807) is 18.2 Å². The zero-order chi connectivity index (χ0) is 17.2. The van der Waals surface area contributed by atoms with E-state index in [1.165, 1.54) is 0 Å². The summed E-state index contributed by atoms with van der Waals surface area (Å²) in [5.74, 6) is 0.668. The number of alkyl halides is 3. The SMILES string of the molecule is FC(F)(F)c1cnc(-c2cc(OCc3ccccc3)ccc2Br)[nH]1. The molecule has 0 aliphatic heterocycles. The lowest BCUT2D eigenvalue weighted by atomic mass is 10.2. The highest BCUT2D eigenvalue weighted by atomic mass is 79.9. The van der Waals surface area contributed by atoms with Crippen molar-refractivity contribution < 1.29 is 17.9 Å². The van der Waals surface area contributed by atoms with Gasteiger partial charge in [0, 0.05) is 10.0 Å². The highest BCUT2D eigenvalue weighted by molar-refractivity contribution is 9.10. The maximum Gasteiger partial charge on any atom is 0.432 e. The molecule has 0 fully saturated rings. The number of aromatic nitrogens is 2. The average Bonchev–Trinajstić information content (AvgIpc) is 3.05. The fourth-order valence-corrected chi connectivity index (χ4v) is 2.55. The molecule has 0 aliphatic rings. The third-order valence-electron chi connectivity index (χ3n) is 3.32. The molecular weight excluding hydrogens is 385 g/mol. The second kappa shape index (κ2) is 6.68. The summed E-state index contributed by atoms with van der Waals surface area (Å²) in [4.78, 5) is 6.10. The van der Waals surface area contributed by atoms with Gasteiger partial charge >= 0.3 is 6.18 Å². The molecule has 2 aromatic carbocycles. The summed E-state index contributed by atoms with van der Waals surface area (Å²) in [7, 11) is 0. The van der Waals surface area contributed by atoms with E-state index < -0.39 is 11.9 Å². The van der Waals surface area contributed by atoms with E-state index in [-0.39, 0.29) is 5.82 Å². The van der Waals surface area contributed by atoms with Gasteiger partial charge in [-0.05, 0) is 23.8 Å². The third-order valence-corrected chi connectivity index (χ3v) is 4.01. The van der Waals surface area contributed by atoms with Crippen molar-refractivity contribution in [2.45, 2.75) is 12.8 Å². The van der Waals surface area contributed by atoms with Gasteiger partial charge in [0.05, 0.1) is 6.20 Å². The standard InChI is InChI=1S/C17H12BrF3N2O/c18-14-7-6-12(24-10-11-4-2-1-3-5-11)8-13(14)16-22-9-15(23-16)17(19,20)21/h1-9H,10H2,(H,22,23). The molecule has 1 N–H and O–H groups in total. The molecule has 3 rings (SSSR count). The van der Waals surface area contributed by atoms with Crippen molar-refractivity contribution in [2.75, 3.05) is 0 Å². The molecule has 1 heterocycles. The van der Waals surface area contributed by atoms with Gasteiger partial charge in [0.15, 0.2) is 0 Å². The molecule has 0 unspecified atom stereocenters. The van der Waals surface area contributed by atoms with Crippen molar-refractivity contribution in [3.63, 3.8) is 0 Å². The van der Waals surface area contributed by atoms with Gasteiger partial charge in [0.1, 0.15) is 23.9 Å². The highest BCUT2D eigenvalue weighted by Gasteiger charge is 2.33. The van der Waals surface area contributed by atoms with Crippen LogP contribution in [0.5, 0.6) is 5.75 Å². The lowest BCUT2D eigenvalue weighted by molar-refractivity contribution is -0.140. The molecule has 0 saturated carbocycles. The molecule has 0 aliphatic carbocycles. The number of ether oxygens (including phenoxy) is 1. The largest absolute Gasteiger partial charge is 0.489 e. The van der Waals surface area contributed by atoms with Crippen molar-refractivity contribution in [1.82, 2.24) is 9.97 Å². The monoisotopic (exact) mass is 396 g/mol. The van der Waals surface area contributed by atoms with Gasteiger partial charge in [-0.3, -0.25) is 0 Å². The number of rotatable bonds is 4. The van der Waals surface area contributed by atoms with Crippen molar-refractivity contribution >= 4 is 15.9 Å². The molecule has 1 aromatic heterocycles. The Hall–Kier alpha value is -2.28. The summed E-state index contributed by atoms with van der Waals surface area (Å²) in [6, 6.07) is 14.7. The Bertz CT molecular complexity index is 831. The Morgan fingerprint density at radius 1 is 1.08 bits per heavy atom. The maximum absolute atomic E-state index is 12.7. The topological polar surface area (TPSA) is 37.9 Å². The van der Waals surface area contributed by atoms with Crippen LogP contribution in [0.3, 0.4) is 0 Å². The summed E-state index contributed by atoms with van der Waals surface area (Å²) in [5.41, 5.74) is 0.607. The van der Waals surface area contributed by atoms with Crippen LogP contribution in [0.2, 0.25) is 0 Å². The van der Waals surface area contributed by atoms with Crippen LogP contribution < -0.4 is 4.74 Å². The van der Waals surface area contributed by atoms with Crippen LogP contribution in [0.4, 0.5) is 13.2 Å². The van der Waals surface area contributed by atoms with Crippen LogP contribution in [0, 0.1) is 0 Å². The molecule has 0 spiro atoms. The smallest absolute Gasteiger partial charge is 0.432 e. The quantitative estimate of drug-likeness (QED) is 0.637. The fraction of sp³-hybridized carbons (Fsp3) is 0.118. The Kier molecular flexibility index (Phi) is 4.62. The zero-order valence-electron chi connectivity index (χ0n) is 12.3. The van der Waals surface area contributed by atoms with Crippen molar-refractivity contribution in [3.05, 3.63) is 70.5 Å². The maximum atomic E-state index is 12.7. The minimum atomic E-state index is -4.46. The fourth-order valence-electron chi connectivity index (χ4n) is 2.12. The number of nitrogens with one attached hydrogen (secondary N) is 1. The summed E-state index contributed by atoms with van der Waals surface area (Å²) < 4.78 is 44.4. The van der Waals surface area contributed by atoms with Crippen molar-refractivity contribution in [3.8, 4) is 17.1 Å². The molecule has 3 nitrogen and oxygen atoms in total. The minimum Gasteiger partial charge on any atom is -0.489 e. The number of halogens is 4. The second-order valence-corrected chi connectivity index (χ2v) is 5.91. The molecule has 24 heavy (non-hydrogen) atoms. The first-order valence-corrected chi connectivity index (χ1v) is 7.81. The molecule has 7 heteroatoms. The predicted octanol–water partition coefficient (Wildman–Crippen LogP) is 5.44. The minimum absolute atomic E-state index is 0.124. The molecule has 124 valence electrons. The summed E-state index contributed by atoms with van der Waals surface area (Å²) in [6.07, 6.45) is -3.68. The van der Waals surface area contributed by atoms with Crippen molar-refractivity contribution in [2.24, 2.45) is 0 Å². The molecule has 0 saturated heterocycles. The van der Waals surface area contributed by atoms with Gasteiger partial charge in [0.25, 0.3) is 0 Å². The zero-order valence-corrected chi connectivity index (χ0v) is 13.9. The summed E-state index contributed by atoms with van der Waals surface area (Å²) >= 11 is 3.33. The second-order valence-electron chi connectivity index (χ2n) is 5.06. The van der Waals surface area contributed by atoms with Gasteiger partial charge in [-0.15, -0.1) is 0 Å². The lowest BCUT2D eigenvalue weighted by Crippen LogP contribution is -2.04. The number of hydrogen-bond donors (Lipinski definition) is 1. The summed E-state index contributed by atoms with van der Waals surface area (Å²) in [5, 5.41) is 0. The Morgan fingerprint density at radius 2 is 1.83 bits per heavy atom. The molecule has 0 amide bonds. The van der Waals surface area contributed by atoms with Crippen LogP contribution in [0.15, 0.2) is 59.2 Å². The number of imidazole rings is 1. The van der Waals surface area contributed by atoms with E-state index in [2.05, 4.69) is 25.9 Å². The van der Waals surface area contributed by atoms with Crippen molar-refractivity contribution in [1.29, 1.82) is 0 Å². The van der Waals surface area contributed by atoms with Gasteiger partial charge in [-0.2, -0.15) is 13.2 Å². The van der Waals surface area contributed by atoms with E-state index in [1.807, 2.05) is 30.3 Å². The molecule has 0 atom stereocenters. The van der Waals surface area contributed by atoms with Crippen LogP contribution in [0.1, 0.15) is 11.3 Å². The Balaban J connectivity index is 1.82. The lowest BCUT2D eigenvalue weighted by Gasteiger charge is -2.09. The van der Waals surface area contributed by atoms with E-state index in [4.69, 9.17) is 4.74 Å². The third kappa shape index (κ3) is 3.79.